The van der Waals surface area contributed by atoms with Gasteiger partial charge in [0.05, 0.1) is 48.8 Å². The largest absolute Gasteiger partial charge is 1.00 e. The van der Waals surface area contributed by atoms with Gasteiger partial charge in [-0.05, 0) is 48.7 Å². The fourth-order valence-corrected chi connectivity index (χ4v) is 20.6. The van der Waals surface area contributed by atoms with Gasteiger partial charge in [0.2, 0.25) is 0 Å². The summed E-state index contributed by atoms with van der Waals surface area (Å²) in [4.78, 5) is 99.9. The molecule has 0 saturated carbocycles. The molecule has 61 heteroatoms. The molecule has 40 atom stereocenters. The van der Waals surface area contributed by atoms with Crippen LogP contribution in [0.3, 0.4) is 0 Å². The van der Waals surface area contributed by atoms with Crippen molar-refractivity contribution in [1.29, 1.82) is 0 Å². The van der Waals surface area contributed by atoms with Crippen LogP contribution in [0.15, 0.2) is 0 Å². The predicted molar refractivity (Wildman–Crippen MR) is 424 cm³/mol. The van der Waals surface area contributed by atoms with Gasteiger partial charge in [0.1, 0.15) is 146 Å². The number of aliphatic hydroxyl groups is 16. The summed E-state index contributed by atoms with van der Waals surface area (Å²) in [7, 11) is 0. The molecule has 0 aromatic carbocycles. The molecule has 19 fully saturated rings. The smallest absolute Gasteiger partial charge is 0.550 e. The number of rotatable bonds is 31. The molecule has 726 valence electrons. The zero-order valence-corrected chi connectivity index (χ0v) is 94.8. The van der Waals surface area contributed by atoms with Crippen LogP contribution in [0.4, 0.5) is 0 Å². The van der Waals surface area contributed by atoms with Crippen molar-refractivity contribution in [3.63, 3.8) is 0 Å². The predicted octanol–water partition coefficient (Wildman–Crippen LogP) is -32.6. The van der Waals surface area contributed by atoms with E-state index in [1.165, 1.54) is 47.0 Å². The van der Waals surface area contributed by atoms with Gasteiger partial charge in [0.15, 0.2) is 50.3 Å². The van der Waals surface area contributed by atoms with Gasteiger partial charge in [0.25, 0.3) is 0 Å². The molecule has 16 bridgehead atoms. The number of hydrogen-bond donors (Lipinski definition) is 16. The third kappa shape index (κ3) is 43.4. The van der Waals surface area contributed by atoms with E-state index in [0.717, 1.165) is 47.0 Å². The Morgan fingerprint density at radius 1 is 0.233 bits per heavy atom. The van der Waals surface area contributed by atoms with Crippen LogP contribution >= 0.6 is 94.1 Å². The van der Waals surface area contributed by atoms with Gasteiger partial charge in [-0.2, -0.15) is 132 Å². The van der Waals surface area contributed by atoms with E-state index < -0.39 is 283 Å². The first-order chi connectivity index (χ1) is 60.1. The fourth-order valence-electron chi connectivity index (χ4n) is 14.0. The molecular weight excluding hydrogens is 2020 g/mol. The van der Waals surface area contributed by atoms with Gasteiger partial charge in [-0.25, -0.2) is 0 Å². The fraction of sp³-hybridized carbons (Fsp3) is 0.847. The van der Waals surface area contributed by atoms with E-state index in [4.69, 9.17) is 114 Å². The van der Waals surface area contributed by atoms with E-state index in [0.29, 0.717) is 12.2 Å². The number of thioether (sulfide) groups is 8. The summed E-state index contributed by atoms with van der Waals surface area (Å²) in [5, 5.41) is 229. The Morgan fingerprint density at radius 3 is 0.556 bits per heavy atom. The number of aliphatic hydroxyl groups excluding tert-OH is 16. The molecule has 19 saturated heterocycles. The van der Waals surface area contributed by atoms with Crippen LogP contribution in [0.2, 0.25) is 0 Å². The Bertz CT molecular complexity index is 3260. The van der Waals surface area contributed by atoms with Crippen LogP contribution in [0.5, 0.6) is 0 Å². The maximum atomic E-state index is 12.3. The van der Waals surface area contributed by atoms with Crippen molar-refractivity contribution in [2.24, 2.45) is 0 Å². The summed E-state index contributed by atoms with van der Waals surface area (Å²) >= 11 is 8.73. The van der Waals surface area contributed by atoms with Crippen LogP contribution in [-0.4, -0.2) is 462 Å². The number of aliphatic carboxylic acids is 3. The third-order valence-electron chi connectivity index (χ3n) is 20.0. The van der Waals surface area contributed by atoms with Crippen LogP contribution in [0.1, 0.15) is 32.6 Å². The Hall–Kier alpha value is 4.45. The minimum Gasteiger partial charge on any atom is -0.550 e. The first kappa shape index (κ1) is 142. The number of carboxylic acid groups (broad SMARTS) is 3. The minimum atomic E-state index is -2.24. The summed E-state index contributed by atoms with van der Waals surface area (Å²) in [6, 6.07) is 0. The molecule has 0 aromatic heterocycles. The van der Waals surface area contributed by atoms with Gasteiger partial charge in [0, 0.05) is 63.9 Å². The van der Waals surface area contributed by atoms with Crippen molar-refractivity contribution in [1.82, 2.24) is 0 Å². The minimum absolute atomic E-state index is 0. The van der Waals surface area contributed by atoms with Crippen LogP contribution < -0.4 is 222 Å². The maximum Gasteiger partial charge on any atom is 1.00 e. The third-order valence-corrected chi connectivity index (χ3v) is 27.8. The molecule has 19 aliphatic heterocycles. The van der Waals surface area contributed by atoms with Crippen molar-refractivity contribution in [2.75, 3.05) is 92.0 Å². The van der Waals surface area contributed by atoms with E-state index in [-0.39, 0.29) is 318 Å². The Morgan fingerprint density at radius 2 is 0.383 bits per heavy atom. The zero-order chi connectivity index (χ0) is 93.8. The first-order valence-electron chi connectivity index (χ1n) is 38.9. The second kappa shape index (κ2) is 76.0. The molecule has 46 nitrogen and oxygen atoms in total. The zero-order valence-electron chi connectivity index (χ0n) is 74.2. The summed E-state index contributed by atoms with van der Waals surface area (Å²) in [6.45, 7) is 17.4. The normalized spacial score (nSPS) is 39.1. The number of fused-ring (bicyclic) bond motifs is 1. The second-order valence-electron chi connectivity index (χ2n) is 28.3. The van der Waals surface area contributed by atoms with Gasteiger partial charge < -0.3 is 215 Å². The second-order valence-corrected chi connectivity index (χ2v) is 37.5. The number of ether oxygens (including phenoxy) is 16. The Kier molecular flexibility index (Phi) is 80.9. The van der Waals surface area contributed by atoms with Crippen LogP contribution in [0.25, 0.3) is 0 Å². The topological polar surface area (TPSA) is 728 Å². The molecule has 16 N–H and O–H groups in total. The van der Waals surface area contributed by atoms with Crippen molar-refractivity contribution >= 4 is 137 Å². The summed E-state index contributed by atoms with van der Waals surface area (Å²) in [5.41, 5.74) is 0. The van der Waals surface area contributed by atoms with Gasteiger partial charge in [-0.1, -0.05) is 6.92 Å². The average Bonchev–Trinajstić information content (AvgIpc) is 0.791. The van der Waals surface area contributed by atoms with Gasteiger partial charge in [-0.3, -0.25) is 0 Å². The first-order valence-corrected chi connectivity index (χ1v) is 48.1. The number of carbonyl (C=O) groups is 3. The summed E-state index contributed by atoms with van der Waals surface area (Å²) in [5.74, 6) is -4.66. The molecule has 19 heterocycles. The van der Waals surface area contributed by atoms with Gasteiger partial charge >= 0.3 is 232 Å². The van der Waals surface area contributed by atoms with Crippen LogP contribution in [-0.2, 0) is 129 Å². The van der Waals surface area contributed by atoms with Gasteiger partial charge in [-0.15, -0.1) is 23.0 Å². The van der Waals surface area contributed by atoms with Crippen molar-refractivity contribution in [2.45, 2.75) is 278 Å². The molecule has 0 aromatic rings. The van der Waals surface area contributed by atoms with E-state index in [1.807, 2.05) is 6.92 Å². The van der Waals surface area contributed by atoms with E-state index in [2.05, 4.69) is 27.7 Å². The quantitative estimate of drug-likeness (QED) is 0.0174. The molecule has 19 aliphatic rings. The maximum absolute atomic E-state index is 12.3. The monoisotopic (exact) mass is 2120 g/mol. The summed E-state index contributed by atoms with van der Waals surface area (Å²) in [6.07, 6.45) is -74.2. The van der Waals surface area contributed by atoms with Crippen LogP contribution in [0, 0.1) is 27.7 Å². The summed E-state index contributed by atoms with van der Waals surface area (Å²) < 4.78 is 101. The van der Waals surface area contributed by atoms with Crippen molar-refractivity contribution < 1.29 is 432 Å². The SMILES string of the molecule is O=C=O.O=C=O.O=C=O.O=C=O.[CH2-]CSCC1O[C@H]2O[C@@H]3C(CSC[CH2-])O[C@H](O[C@@H]4C(CSC[CH2-])O[C@H](O[C@@H]5C(CSCCC)O[C@H](O[C@@H]6C(CSCCC(=O)[O-])O[C@H](O[C@@H]7C(CSCCC(=O)[O-])O[C@H](O[C@@H]8C(CSCCC(=O)[O-])O[C@H](O[C@@H]9C(CSC[CH2-])O[C@H](O[C@H](C2O)[C@@H]1O)C(O)[C@H]9O)C(O)[C@H]8O)C(O)[C@H]7O)C(O)[C@H]6O)C(O)[C@H]5O)C(O)[C@H]4O)C(O)[C@H]3O.[Na+].[Na+].[Na+].[Na+].[Na+].[Na+].[Na+]. The van der Waals surface area contributed by atoms with E-state index in [9.17, 15) is 111 Å². The molecule has 0 aliphatic carbocycles. The molecular formula is C72H107Na7O46S8. The molecule has 19 rings (SSSR count). The Balaban J connectivity index is -0.00000843. The molecule has 0 spiro atoms. The molecule has 0 amide bonds. The van der Waals surface area contributed by atoms with E-state index in [1.54, 1.807) is 0 Å². The standard InChI is InChI=1S/C68H110O38S8.4CO2.7Na/c1-6-14-111-22-30-56-40(78)47(85)63(95-30)102-57-32(24-113-16-12-35(71)72)97-65(49(87)42(57)80)104-59-33(25-114-17-13-36(73)74)98-66(50(88)43(59)81)103-58-31(23-112-15-11-34(69)70)96-64(48(86)41(58)79)100-54-28(20-109-9-4)94-67(51(89)44(54)82)106-60-37(75)26(18-107-7-2)91-68(52(60)90)105-55-29(21-110-10-5)93-61(46(84)39(55)77)99-53-27(19-108-8-3)92-62(101-56)45(83)38(53)76;4*2-1-3;;;;;;;/h26-33,37-68,75-90H,2-25H2,1H3,(H,69,70)(H,71,72)(H,73,74);;;;;;;;;;;/q-4;;;;;7*+1/p-3/t26?,27?,28?,29?,30?,31?,32?,33?,37-,38-,39-,40-,41-,42-,43-,44-,45?,46?,47?,48?,49?,50?,51?,52?,53-,54-,55-,56-,57-,58-,59-,60+,61-,62-,63-,64-,65-,66-,67-,68+;;;;;;;;;;;/m1.........../s1. The molecule has 0 radical (unpaired) electrons. The molecule has 133 heavy (non-hydrogen) atoms. The number of carboxylic acids is 3. The van der Waals surface area contributed by atoms with Crippen molar-refractivity contribution in [3.05, 3.63) is 27.7 Å². The molecule has 16 unspecified atom stereocenters. The number of hydrogen-bond acceptors (Lipinski definition) is 54. The van der Waals surface area contributed by atoms with E-state index >= 15 is 0 Å². The Labute approximate surface area is 954 Å². The number of carbonyl (C=O) groups excluding carboxylic acids is 11. The van der Waals surface area contributed by atoms with Crippen molar-refractivity contribution in [3.8, 4) is 0 Å². The average molecular weight is 2130 g/mol.